The number of fused-ring (bicyclic) bond motifs is 1. The predicted molar refractivity (Wildman–Crippen MR) is 157 cm³/mol. The van der Waals surface area contributed by atoms with Gasteiger partial charge in [0.2, 0.25) is 21.8 Å². The fraction of sp³-hybridized carbons (Fsp3) is 0.400. The first-order valence-corrected chi connectivity index (χ1v) is 15.6. The molecule has 4 rings (SSSR count). The Morgan fingerprint density at radius 3 is 2.31 bits per heavy atom. The molecule has 3 aromatic rings. The number of carbonyl (C=O) groups is 2. The lowest BCUT2D eigenvalue weighted by Gasteiger charge is -2.37. The average molecular weight is 568 g/mol. The molecule has 7 nitrogen and oxygen atoms in total. The van der Waals surface area contributed by atoms with Crippen LogP contribution in [0.5, 0.6) is 0 Å². The molecule has 0 radical (unpaired) electrons. The molecule has 2 aromatic carbocycles. The second-order valence-corrected chi connectivity index (χ2v) is 13.9. The van der Waals surface area contributed by atoms with Gasteiger partial charge in [-0.05, 0) is 70.7 Å². The summed E-state index contributed by atoms with van der Waals surface area (Å²) in [6, 6.07) is 16.3. The molecule has 2 amide bonds. The molecule has 2 heterocycles. The Bertz CT molecular complexity index is 1420. The summed E-state index contributed by atoms with van der Waals surface area (Å²) < 4.78 is 28.4. The van der Waals surface area contributed by atoms with E-state index < -0.39 is 10.0 Å². The van der Waals surface area contributed by atoms with Crippen LogP contribution in [-0.2, 0) is 31.4 Å². The molecule has 0 aliphatic carbocycles. The van der Waals surface area contributed by atoms with E-state index in [1.807, 2.05) is 11.8 Å². The van der Waals surface area contributed by atoms with Crippen LogP contribution in [-0.4, -0.2) is 49.1 Å². The van der Waals surface area contributed by atoms with Gasteiger partial charge < -0.3 is 10.2 Å². The highest BCUT2D eigenvalue weighted by molar-refractivity contribution is 7.89. The number of amides is 2. The molecule has 1 N–H and O–H groups in total. The number of sulfonamides is 1. The molecular formula is C30H37N3O4S2. The van der Waals surface area contributed by atoms with Crippen molar-refractivity contribution in [3.63, 3.8) is 0 Å². The van der Waals surface area contributed by atoms with E-state index in [1.54, 1.807) is 23.5 Å². The Labute approximate surface area is 235 Å². The largest absolute Gasteiger partial charge is 0.330 e. The second-order valence-electron chi connectivity index (χ2n) is 11.0. The quantitative estimate of drug-likeness (QED) is 0.385. The van der Waals surface area contributed by atoms with Gasteiger partial charge in [-0.15, -0.1) is 11.3 Å². The molecule has 0 fully saturated rings. The van der Waals surface area contributed by atoms with Crippen LogP contribution < -0.4 is 5.32 Å². The number of rotatable bonds is 8. The van der Waals surface area contributed by atoms with E-state index >= 15 is 0 Å². The first-order valence-electron chi connectivity index (χ1n) is 13.3. The van der Waals surface area contributed by atoms with Crippen molar-refractivity contribution in [2.24, 2.45) is 0 Å². The Hall–Kier alpha value is -3.01. The predicted octanol–water partition coefficient (Wildman–Crippen LogP) is 5.58. The molecule has 9 heteroatoms. The molecule has 208 valence electrons. The molecule has 0 spiro atoms. The van der Waals surface area contributed by atoms with Crippen LogP contribution in [0.4, 0.5) is 5.69 Å². The summed E-state index contributed by atoms with van der Waals surface area (Å²) in [5, 5.41) is 4.71. The Kier molecular flexibility index (Phi) is 8.63. The van der Waals surface area contributed by atoms with E-state index in [4.69, 9.17) is 0 Å². The Morgan fingerprint density at radius 1 is 1.05 bits per heavy atom. The summed E-state index contributed by atoms with van der Waals surface area (Å²) >= 11 is 1.70. The minimum absolute atomic E-state index is 0.0174. The second kappa shape index (κ2) is 11.6. The summed E-state index contributed by atoms with van der Waals surface area (Å²) in [4.78, 5) is 28.4. The van der Waals surface area contributed by atoms with E-state index in [0.29, 0.717) is 18.7 Å². The molecule has 1 aliphatic heterocycles. The number of benzene rings is 2. The summed E-state index contributed by atoms with van der Waals surface area (Å²) in [5.74, 6) is -0.453. The van der Waals surface area contributed by atoms with Crippen molar-refractivity contribution < 1.29 is 18.0 Å². The van der Waals surface area contributed by atoms with Crippen molar-refractivity contribution in [1.82, 2.24) is 9.21 Å². The normalized spacial score (nSPS) is 15.7. The maximum Gasteiger partial charge on any atom is 0.243 e. The van der Waals surface area contributed by atoms with Crippen LogP contribution in [0.2, 0.25) is 0 Å². The van der Waals surface area contributed by atoms with Gasteiger partial charge in [0.1, 0.15) is 0 Å². The third kappa shape index (κ3) is 6.42. The molecule has 39 heavy (non-hydrogen) atoms. The zero-order chi connectivity index (χ0) is 28.4. The molecule has 1 unspecified atom stereocenters. The van der Waals surface area contributed by atoms with Crippen LogP contribution in [0.1, 0.15) is 68.6 Å². The van der Waals surface area contributed by atoms with Gasteiger partial charge in [-0.3, -0.25) is 9.59 Å². The zero-order valence-corrected chi connectivity index (χ0v) is 24.9. The Balaban J connectivity index is 1.62. The molecule has 1 aromatic heterocycles. The van der Waals surface area contributed by atoms with E-state index in [0.717, 1.165) is 17.5 Å². The van der Waals surface area contributed by atoms with E-state index in [9.17, 15) is 18.0 Å². The van der Waals surface area contributed by atoms with Crippen LogP contribution in [0.3, 0.4) is 0 Å². The van der Waals surface area contributed by atoms with Crippen LogP contribution in [0, 0.1) is 0 Å². The lowest BCUT2D eigenvalue weighted by molar-refractivity contribution is -0.133. The number of carbonyl (C=O) groups excluding carboxylic acids is 2. The summed E-state index contributed by atoms with van der Waals surface area (Å²) in [6.07, 6.45) is 1.32. The summed E-state index contributed by atoms with van der Waals surface area (Å²) in [6.45, 7) is 10.3. The maximum absolute atomic E-state index is 13.9. The van der Waals surface area contributed by atoms with Crippen LogP contribution in [0.15, 0.2) is 64.9 Å². The number of hydrogen-bond acceptors (Lipinski definition) is 5. The van der Waals surface area contributed by atoms with E-state index in [2.05, 4.69) is 61.8 Å². The number of thiophene rings is 1. The Morgan fingerprint density at radius 2 is 1.72 bits per heavy atom. The SMILES string of the molecule is CCCN(CC(=O)N1CCc2sccc2C1c1ccc(C(C)(C)C)cc1)S(=O)(=O)c1ccc(NC(C)=O)cc1. The van der Waals surface area contributed by atoms with Crippen molar-refractivity contribution in [3.8, 4) is 0 Å². The smallest absolute Gasteiger partial charge is 0.243 e. The van der Waals surface area contributed by atoms with Crippen molar-refractivity contribution in [2.45, 2.75) is 63.8 Å². The van der Waals surface area contributed by atoms with Gasteiger partial charge in [0.25, 0.3) is 0 Å². The molecule has 1 atom stereocenters. The molecule has 0 bridgehead atoms. The van der Waals surface area contributed by atoms with Gasteiger partial charge in [-0.1, -0.05) is 52.0 Å². The lowest BCUT2D eigenvalue weighted by atomic mass is 9.85. The summed E-state index contributed by atoms with van der Waals surface area (Å²) in [5.41, 5.74) is 3.88. The number of anilines is 1. The molecule has 1 aliphatic rings. The van der Waals surface area contributed by atoms with Crippen LogP contribution >= 0.6 is 11.3 Å². The maximum atomic E-state index is 13.9. The standard InChI is InChI=1S/C30H37N3O4S2/c1-6-17-32(39(36,37)25-13-11-24(12-14-25)31-21(2)34)20-28(35)33-18-15-27-26(16-19-38-27)29(33)22-7-9-23(10-8-22)30(3,4)5/h7-14,16,19,29H,6,15,17-18,20H2,1-5H3,(H,31,34). The van der Waals surface area contributed by atoms with Gasteiger partial charge in [-0.25, -0.2) is 8.42 Å². The average Bonchev–Trinajstić information content (AvgIpc) is 3.36. The lowest BCUT2D eigenvalue weighted by Crippen LogP contribution is -2.46. The number of nitrogens with one attached hydrogen (secondary N) is 1. The van der Waals surface area contributed by atoms with Crippen molar-refractivity contribution in [3.05, 3.63) is 81.5 Å². The third-order valence-electron chi connectivity index (χ3n) is 6.98. The molecule has 0 saturated heterocycles. The highest BCUT2D eigenvalue weighted by Crippen LogP contribution is 2.38. The van der Waals surface area contributed by atoms with E-state index in [1.165, 1.54) is 33.8 Å². The first kappa shape index (κ1) is 29.0. The van der Waals surface area contributed by atoms with Gasteiger partial charge in [0, 0.05) is 30.6 Å². The highest BCUT2D eigenvalue weighted by Gasteiger charge is 2.35. The highest BCUT2D eigenvalue weighted by atomic mass is 32.2. The van der Waals surface area contributed by atoms with Crippen molar-refractivity contribution in [2.75, 3.05) is 25.0 Å². The number of hydrogen-bond donors (Lipinski definition) is 1. The van der Waals surface area contributed by atoms with E-state index in [-0.39, 0.29) is 41.3 Å². The van der Waals surface area contributed by atoms with Gasteiger partial charge in [0.05, 0.1) is 17.5 Å². The van der Waals surface area contributed by atoms with Gasteiger partial charge >= 0.3 is 0 Å². The topological polar surface area (TPSA) is 86.8 Å². The van der Waals surface area contributed by atoms with Crippen LogP contribution in [0.25, 0.3) is 0 Å². The minimum atomic E-state index is -3.92. The van der Waals surface area contributed by atoms with Gasteiger partial charge in [0.15, 0.2) is 0 Å². The van der Waals surface area contributed by atoms with Gasteiger partial charge in [-0.2, -0.15) is 4.31 Å². The number of nitrogens with zero attached hydrogens (tertiary/aromatic N) is 2. The monoisotopic (exact) mass is 567 g/mol. The summed E-state index contributed by atoms with van der Waals surface area (Å²) in [7, 11) is -3.92. The third-order valence-corrected chi connectivity index (χ3v) is 9.83. The fourth-order valence-corrected chi connectivity index (χ4v) is 7.33. The zero-order valence-electron chi connectivity index (χ0n) is 23.2. The molecule has 0 saturated carbocycles. The minimum Gasteiger partial charge on any atom is -0.330 e. The first-order chi connectivity index (χ1) is 18.4. The fourth-order valence-electron chi connectivity index (χ4n) is 4.95. The molecular weight excluding hydrogens is 530 g/mol. The van der Waals surface area contributed by atoms with Crippen molar-refractivity contribution >= 4 is 38.9 Å². The van der Waals surface area contributed by atoms with Crippen molar-refractivity contribution in [1.29, 1.82) is 0 Å².